The predicted octanol–water partition coefficient (Wildman–Crippen LogP) is 2.95. The minimum absolute atomic E-state index is 0.533. The summed E-state index contributed by atoms with van der Waals surface area (Å²) in [6.45, 7) is 2.29. The maximum atomic E-state index is 7.44. The molecule has 1 fully saturated rings. The molecule has 1 aromatic rings. The molecule has 0 unspecified atom stereocenters. The number of nitrogens with one attached hydrogen (secondary N) is 2. The van der Waals surface area contributed by atoms with Gasteiger partial charge in [0, 0.05) is 28.0 Å². The molecule has 3 nitrogen and oxygen atoms in total. The van der Waals surface area contributed by atoms with Crippen molar-refractivity contribution in [1.29, 1.82) is 5.41 Å². The van der Waals surface area contributed by atoms with E-state index in [-0.39, 0.29) is 0 Å². The summed E-state index contributed by atoms with van der Waals surface area (Å²) in [5.74, 6) is 0. The quantitative estimate of drug-likeness (QED) is 0.842. The number of piperidine rings is 1. The summed E-state index contributed by atoms with van der Waals surface area (Å²) < 4.78 is 1.02. The molecule has 0 bridgehead atoms. The van der Waals surface area contributed by atoms with Crippen molar-refractivity contribution in [1.82, 2.24) is 4.90 Å². The molecule has 0 aliphatic carbocycles. The largest absolute Gasteiger partial charge is 0.382 e. The van der Waals surface area contributed by atoms with E-state index in [1.807, 2.05) is 18.2 Å². The zero-order chi connectivity index (χ0) is 12.3. The zero-order valence-electron chi connectivity index (χ0n) is 10.0. The second-order valence-electron chi connectivity index (χ2n) is 4.60. The number of benzene rings is 1. The molecule has 2 N–H and O–H groups in total. The topological polar surface area (TPSA) is 39.1 Å². The lowest BCUT2D eigenvalue weighted by atomic mass is 10.0. The number of hydrogen-bond donors (Lipinski definition) is 2. The molecule has 0 aromatic heterocycles. The lowest BCUT2D eigenvalue weighted by Gasteiger charge is -2.30. The molecular formula is C13H18BrN3. The Morgan fingerprint density at radius 1 is 1.41 bits per heavy atom. The van der Waals surface area contributed by atoms with Crippen molar-refractivity contribution in [3.63, 3.8) is 0 Å². The molecule has 1 heterocycles. The van der Waals surface area contributed by atoms with E-state index >= 15 is 0 Å². The van der Waals surface area contributed by atoms with Gasteiger partial charge in [0.2, 0.25) is 0 Å². The van der Waals surface area contributed by atoms with Crippen LogP contribution in [0.25, 0.3) is 0 Å². The number of halogens is 1. The lowest BCUT2D eigenvalue weighted by molar-refractivity contribution is 0.264. The zero-order valence-corrected chi connectivity index (χ0v) is 11.6. The molecule has 0 spiro atoms. The van der Waals surface area contributed by atoms with Crippen LogP contribution in [0.1, 0.15) is 18.4 Å². The Bertz CT molecular complexity index is 398. The number of likely N-dealkylation sites (tertiary alicyclic amines) is 1. The Morgan fingerprint density at radius 3 is 2.76 bits per heavy atom. The van der Waals surface area contributed by atoms with Gasteiger partial charge in [0.1, 0.15) is 0 Å². The van der Waals surface area contributed by atoms with Gasteiger partial charge in [-0.15, -0.1) is 0 Å². The molecule has 0 amide bonds. The van der Waals surface area contributed by atoms with Crippen LogP contribution < -0.4 is 5.32 Å². The first-order valence-corrected chi connectivity index (χ1v) is 6.73. The van der Waals surface area contributed by atoms with Gasteiger partial charge >= 0.3 is 0 Å². The van der Waals surface area contributed by atoms with Gasteiger partial charge in [-0.05, 0) is 51.2 Å². The van der Waals surface area contributed by atoms with Crippen molar-refractivity contribution in [3.8, 4) is 0 Å². The molecule has 1 aromatic carbocycles. The molecule has 1 aliphatic heterocycles. The Labute approximate surface area is 111 Å². The van der Waals surface area contributed by atoms with Crippen molar-refractivity contribution >= 4 is 27.8 Å². The van der Waals surface area contributed by atoms with Crippen LogP contribution in [0.3, 0.4) is 0 Å². The first-order chi connectivity index (χ1) is 8.19. The highest BCUT2D eigenvalue weighted by Gasteiger charge is 2.16. The van der Waals surface area contributed by atoms with E-state index in [0.29, 0.717) is 6.04 Å². The normalized spacial score (nSPS) is 18.0. The van der Waals surface area contributed by atoms with Gasteiger partial charge in [-0.3, -0.25) is 0 Å². The molecule has 0 radical (unpaired) electrons. The van der Waals surface area contributed by atoms with Gasteiger partial charge in [0.25, 0.3) is 0 Å². The van der Waals surface area contributed by atoms with Crippen LogP contribution >= 0.6 is 15.9 Å². The number of rotatable bonds is 3. The van der Waals surface area contributed by atoms with Crippen LogP contribution in [-0.2, 0) is 0 Å². The number of hydrogen-bond acceptors (Lipinski definition) is 3. The third kappa shape index (κ3) is 3.30. The predicted molar refractivity (Wildman–Crippen MR) is 76.2 cm³/mol. The highest BCUT2D eigenvalue weighted by Crippen LogP contribution is 2.22. The van der Waals surface area contributed by atoms with Gasteiger partial charge in [-0.2, -0.15) is 0 Å². The Morgan fingerprint density at radius 2 is 2.12 bits per heavy atom. The fourth-order valence-corrected chi connectivity index (χ4v) is 2.54. The van der Waals surface area contributed by atoms with Gasteiger partial charge in [-0.1, -0.05) is 15.9 Å². The summed E-state index contributed by atoms with van der Waals surface area (Å²) in [6, 6.07) is 6.57. The standard InChI is InChI=1S/C13H18BrN3/c1-17-6-4-12(5-7-17)16-13-3-2-11(14)8-10(13)9-15/h2-3,8-9,12,15-16H,4-7H2,1H3. The average Bonchev–Trinajstić information content (AvgIpc) is 2.34. The third-order valence-corrected chi connectivity index (χ3v) is 3.74. The molecular weight excluding hydrogens is 278 g/mol. The lowest BCUT2D eigenvalue weighted by Crippen LogP contribution is -2.36. The van der Waals surface area contributed by atoms with Crippen LogP contribution in [0.5, 0.6) is 0 Å². The Balaban J connectivity index is 2.05. The second-order valence-corrected chi connectivity index (χ2v) is 5.51. The van der Waals surface area contributed by atoms with E-state index < -0.39 is 0 Å². The first-order valence-electron chi connectivity index (χ1n) is 5.94. The molecule has 1 saturated heterocycles. The van der Waals surface area contributed by atoms with Gasteiger partial charge in [0.15, 0.2) is 0 Å². The van der Waals surface area contributed by atoms with Crippen molar-refractivity contribution in [3.05, 3.63) is 28.2 Å². The molecule has 92 valence electrons. The summed E-state index contributed by atoms with van der Waals surface area (Å²) in [5.41, 5.74) is 2.01. The van der Waals surface area contributed by atoms with E-state index in [9.17, 15) is 0 Å². The fourth-order valence-electron chi connectivity index (χ4n) is 2.16. The van der Waals surface area contributed by atoms with Crippen molar-refractivity contribution < 1.29 is 0 Å². The maximum Gasteiger partial charge on any atom is 0.0432 e. The summed E-state index contributed by atoms with van der Waals surface area (Å²) in [6.07, 6.45) is 3.75. The summed E-state index contributed by atoms with van der Waals surface area (Å²) in [7, 11) is 2.17. The van der Waals surface area contributed by atoms with E-state index in [1.54, 1.807) is 0 Å². The summed E-state index contributed by atoms with van der Waals surface area (Å²) in [4.78, 5) is 2.36. The van der Waals surface area contributed by atoms with Crippen molar-refractivity contribution in [2.75, 3.05) is 25.5 Å². The molecule has 4 heteroatoms. The molecule has 17 heavy (non-hydrogen) atoms. The van der Waals surface area contributed by atoms with Crippen molar-refractivity contribution in [2.45, 2.75) is 18.9 Å². The van der Waals surface area contributed by atoms with Crippen LogP contribution in [0.15, 0.2) is 22.7 Å². The Kier molecular flexibility index (Phi) is 4.18. The van der Waals surface area contributed by atoms with Gasteiger partial charge in [0.05, 0.1) is 0 Å². The average molecular weight is 296 g/mol. The SMILES string of the molecule is CN1CCC(Nc2ccc(Br)cc2C=N)CC1. The number of nitrogens with zero attached hydrogens (tertiary/aromatic N) is 1. The smallest absolute Gasteiger partial charge is 0.0432 e. The van der Waals surface area contributed by atoms with E-state index in [2.05, 4.69) is 33.2 Å². The first kappa shape index (κ1) is 12.6. The van der Waals surface area contributed by atoms with E-state index in [0.717, 1.165) is 28.8 Å². The highest BCUT2D eigenvalue weighted by atomic mass is 79.9. The minimum atomic E-state index is 0.533. The van der Waals surface area contributed by atoms with Crippen LogP contribution in [0.2, 0.25) is 0 Å². The molecule has 1 aliphatic rings. The Hall–Kier alpha value is -0.870. The molecule has 0 atom stereocenters. The van der Waals surface area contributed by atoms with Crippen LogP contribution in [-0.4, -0.2) is 37.3 Å². The van der Waals surface area contributed by atoms with Crippen molar-refractivity contribution in [2.24, 2.45) is 0 Å². The molecule has 0 saturated carbocycles. The second kappa shape index (κ2) is 5.65. The molecule has 2 rings (SSSR count). The van der Waals surface area contributed by atoms with E-state index in [1.165, 1.54) is 19.1 Å². The monoisotopic (exact) mass is 295 g/mol. The minimum Gasteiger partial charge on any atom is -0.382 e. The highest BCUT2D eigenvalue weighted by molar-refractivity contribution is 9.10. The fraction of sp³-hybridized carbons (Fsp3) is 0.462. The summed E-state index contributed by atoms with van der Waals surface area (Å²) in [5, 5.41) is 11.0. The van der Waals surface area contributed by atoms with Crippen LogP contribution in [0.4, 0.5) is 5.69 Å². The maximum absolute atomic E-state index is 7.44. The van der Waals surface area contributed by atoms with Crippen LogP contribution in [0, 0.1) is 5.41 Å². The number of anilines is 1. The van der Waals surface area contributed by atoms with Gasteiger partial charge in [-0.25, -0.2) is 0 Å². The third-order valence-electron chi connectivity index (χ3n) is 3.25. The summed E-state index contributed by atoms with van der Waals surface area (Å²) >= 11 is 3.43. The van der Waals surface area contributed by atoms with E-state index in [4.69, 9.17) is 5.41 Å². The van der Waals surface area contributed by atoms with Gasteiger partial charge < -0.3 is 15.6 Å².